The van der Waals surface area contributed by atoms with Crippen LogP contribution < -0.4 is 10.2 Å². The number of anilines is 3. The minimum Gasteiger partial charge on any atom is -0.466 e. The number of piperidine rings is 1. The molecule has 1 aliphatic carbocycles. The Hall–Kier alpha value is -4.13. The first-order valence-electron chi connectivity index (χ1n) is 12.4. The quantitative estimate of drug-likeness (QED) is 0.314. The number of aromatic nitrogens is 1. The van der Waals surface area contributed by atoms with E-state index in [4.69, 9.17) is 9.26 Å². The van der Waals surface area contributed by atoms with Gasteiger partial charge >= 0.3 is 5.97 Å². The molecule has 2 aliphatic rings. The minimum atomic E-state index is -0.205. The lowest BCUT2D eigenvalue weighted by Gasteiger charge is -2.34. The highest BCUT2D eigenvalue weighted by atomic mass is 16.5. The van der Waals surface area contributed by atoms with Gasteiger partial charge in [0.05, 0.1) is 34.8 Å². The van der Waals surface area contributed by atoms with E-state index < -0.39 is 0 Å². The van der Waals surface area contributed by atoms with Gasteiger partial charge in [0.2, 0.25) is 0 Å². The molecule has 0 bridgehead atoms. The largest absolute Gasteiger partial charge is 0.466 e. The summed E-state index contributed by atoms with van der Waals surface area (Å²) in [7, 11) is 0. The third-order valence-electron chi connectivity index (χ3n) is 7.06. The third kappa shape index (κ3) is 3.63. The van der Waals surface area contributed by atoms with Crippen LogP contribution in [-0.2, 0) is 9.53 Å². The van der Waals surface area contributed by atoms with E-state index >= 15 is 0 Å². The van der Waals surface area contributed by atoms with Gasteiger partial charge in [0.15, 0.2) is 11.5 Å². The van der Waals surface area contributed by atoms with Gasteiger partial charge in [0, 0.05) is 29.9 Å². The lowest BCUT2D eigenvalue weighted by atomic mass is 9.86. The maximum atomic E-state index is 13.8. The number of benzene rings is 3. The number of esters is 1. The van der Waals surface area contributed by atoms with Gasteiger partial charge in [-0.15, -0.1) is 0 Å². The monoisotopic (exact) mass is 481 g/mol. The highest BCUT2D eigenvalue weighted by molar-refractivity contribution is 6.28. The zero-order valence-corrected chi connectivity index (χ0v) is 20.3. The Balaban J connectivity index is 1.53. The van der Waals surface area contributed by atoms with Crippen LogP contribution in [0.15, 0.2) is 59.1 Å². The molecule has 1 aliphatic heterocycles. The SMILES string of the molecule is CCOC(=O)[C@@H]1CCCN(c2cc(Nc3cccc(C)c3)c3c4c(onc24)-c2ccccc2C3=O)C1. The van der Waals surface area contributed by atoms with Gasteiger partial charge in [-0.25, -0.2) is 0 Å². The van der Waals surface area contributed by atoms with E-state index in [0.29, 0.717) is 46.6 Å². The molecule has 1 N–H and O–H groups in total. The maximum Gasteiger partial charge on any atom is 0.310 e. The molecule has 1 fully saturated rings. The van der Waals surface area contributed by atoms with Crippen molar-refractivity contribution in [2.45, 2.75) is 26.7 Å². The van der Waals surface area contributed by atoms with Gasteiger partial charge in [0.1, 0.15) is 5.52 Å². The summed E-state index contributed by atoms with van der Waals surface area (Å²) in [6.07, 6.45) is 1.65. The number of rotatable bonds is 5. The zero-order chi connectivity index (χ0) is 24.8. The number of carbonyl (C=O) groups is 2. The van der Waals surface area contributed by atoms with Gasteiger partial charge in [-0.2, -0.15) is 0 Å². The number of fused-ring (bicyclic) bond motifs is 2. The predicted octanol–water partition coefficient (Wildman–Crippen LogP) is 5.87. The highest BCUT2D eigenvalue weighted by Crippen LogP contribution is 2.46. The number of hydrogen-bond acceptors (Lipinski definition) is 7. The Morgan fingerprint density at radius 1 is 1.17 bits per heavy atom. The molecule has 0 saturated carbocycles. The summed E-state index contributed by atoms with van der Waals surface area (Å²) in [5, 5.41) is 8.66. The first kappa shape index (κ1) is 22.3. The molecule has 0 amide bonds. The number of ketones is 1. The lowest BCUT2D eigenvalue weighted by Crippen LogP contribution is -2.39. The molecule has 3 aromatic carbocycles. The van der Waals surface area contributed by atoms with Crippen LogP contribution >= 0.6 is 0 Å². The van der Waals surface area contributed by atoms with Gasteiger partial charge < -0.3 is 19.5 Å². The molecule has 2 heterocycles. The Kier molecular flexibility index (Phi) is 5.48. The van der Waals surface area contributed by atoms with E-state index in [1.165, 1.54) is 0 Å². The van der Waals surface area contributed by atoms with E-state index in [-0.39, 0.29) is 17.7 Å². The van der Waals surface area contributed by atoms with Crippen molar-refractivity contribution in [1.29, 1.82) is 0 Å². The Morgan fingerprint density at radius 2 is 2.00 bits per heavy atom. The second kappa shape index (κ2) is 8.82. The van der Waals surface area contributed by atoms with Crippen molar-refractivity contribution < 1.29 is 18.8 Å². The number of hydrogen-bond donors (Lipinski definition) is 1. The van der Waals surface area contributed by atoms with Crippen molar-refractivity contribution in [3.05, 3.63) is 71.3 Å². The molecule has 0 spiro atoms. The van der Waals surface area contributed by atoms with Crippen molar-refractivity contribution in [1.82, 2.24) is 5.16 Å². The zero-order valence-electron chi connectivity index (χ0n) is 20.3. The second-order valence-electron chi connectivity index (χ2n) is 9.46. The van der Waals surface area contributed by atoms with Crippen LogP contribution in [0.25, 0.3) is 22.2 Å². The average Bonchev–Trinajstić information content (AvgIpc) is 3.33. The van der Waals surface area contributed by atoms with Crippen molar-refractivity contribution in [3.8, 4) is 11.3 Å². The minimum absolute atomic E-state index is 0.0592. The van der Waals surface area contributed by atoms with Crippen molar-refractivity contribution in [3.63, 3.8) is 0 Å². The van der Waals surface area contributed by atoms with Gasteiger partial charge in [-0.3, -0.25) is 9.59 Å². The van der Waals surface area contributed by atoms with Crippen LogP contribution in [-0.4, -0.2) is 36.6 Å². The Bertz CT molecular complexity index is 1510. The van der Waals surface area contributed by atoms with Crippen LogP contribution in [0.1, 0.15) is 41.3 Å². The second-order valence-corrected chi connectivity index (χ2v) is 9.46. The molecule has 1 aromatic heterocycles. The lowest BCUT2D eigenvalue weighted by molar-refractivity contribution is -0.148. The summed E-state index contributed by atoms with van der Waals surface area (Å²) >= 11 is 0. The smallest absolute Gasteiger partial charge is 0.310 e. The van der Waals surface area contributed by atoms with Crippen LogP contribution in [0.2, 0.25) is 0 Å². The van der Waals surface area contributed by atoms with Crippen molar-refractivity contribution >= 4 is 39.7 Å². The van der Waals surface area contributed by atoms with E-state index in [2.05, 4.69) is 15.4 Å². The fraction of sp³-hybridized carbons (Fsp3) is 0.276. The standard InChI is InChI=1S/C29H27N3O4/c1-3-35-29(34)18-9-7-13-32(16-18)23-15-22(30-19-10-6-8-17(2)14-19)24-25-26(23)31-36-28(25)21-12-5-4-11-20(21)27(24)33/h4-6,8,10-12,14-15,18,30H,3,7,9,13,16H2,1-2H3/t18-/m1/s1. The van der Waals surface area contributed by atoms with Gasteiger partial charge in [0.25, 0.3) is 0 Å². The molecule has 182 valence electrons. The number of carbonyl (C=O) groups excluding carboxylic acids is 2. The summed E-state index contributed by atoms with van der Waals surface area (Å²) in [5.41, 5.74) is 6.11. The molecule has 7 nitrogen and oxygen atoms in total. The third-order valence-corrected chi connectivity index (χ3v) is 7.06. The topological polar surface area (TPSA) is 84.7 Å². The van der Waals surface area contributed by atoms with E-state index in [0.717, 1.165) is 41.9 Å². The number of nitrogens with one attached hydrogen (secondary N) is 1. The Labute approximate surface area is 209 Å². The van der Waals surface area contributed by atoms with Gasteiger partial charge in [-0.1, -0.05) is 41.6 Å². The van der Waals surface area contributed by atoms with Crippen LogP contribution in [0.5, 0.6) is 0 Å². The first-order valence-corrected chi connectivity index (χ1v) is 12.4. The molecular weight excluding hydrogens is 454 g/mol. The van der Waals surface area contributed by atoms with E-state index in [9.17, 15) is 9.59 Å². The molecule has 4 aromatic rings. The van der Waals surface area contributed by atoms with Crippen LogP contribution in [0.3, 0.4) is 0 Å². The Morgan fingerprint density at radius 3 is 2.81 bits per heavy atom. The molecular formula is C29H27N3O4. The molecule has 0 radical (unpaired) electrons. The highest BCUT2D eigenvalue weighted by Gasteiger charge is 2.35. The van der Waals surface area contributed by atoms with Gasteiger partial charge in [-0.05, 0) is 50.5 Å². The average molecular weight is 482 g/mol. The van der Waals surface area contributed by atoms with Crippen LogP contribution in [0.4, 0.5) is 17.1 Å². The number of nitrogens with zero attached hydrogens (tertiary/aromatic N) is 2. The summed E-state index contributed by atoms with van der Waals surface area (Å²) in [5.74, 6) is 0.168. The summed E-state index contributed by atoms with van der Waals surface area (Å²) < 4.78 is 11.2. The molecule has 36 heavy (non-hydrogen) atoms. The predicted molar refractivity (Wildman–Crippen MR) is 139 cm³/mol. The van der Waals surface area contributed by atoms with Crippen LogP contribution in [0, 0.1) is 12.8 Å². The van der Waals surface area contributed by atoms with Crippen molar-refractivity contribution in [2.24, 2.45) is 5.92 Å². The molecule has 7 heteroatoms. The number of aryl methyl sites for hydroxylation is 1. The molecule has 0 unspecified atom stereocenters. The number of ether oxygens (including phenoxy) is 1. The fourth-order valence-corrected chi connectivity index (χ4v) is 5.41. The fourth-order valence-electron chi connectivity index (χ4n) is 5.41. The first-order chi connectivity index (χ1) is 17.5. The van der Waals surface area contributed by atoms with E-state index in [1.54, 1.807) is 0 Å². The van der Waals surface area contributed by atoms with Crippen molar-refractivity contribution in [2.75, 3.05) is 29.9 Å². The molecule has 1 atom stereocenters. The molecule has 6 rings (SSSR count). The summed E-state index contributed by atoms with van der Waals surface area (Å²) in [6, 6.07) is 17.5. The maximum absolute atomic E-state index is 13.8. The molecule has 1 saturated heterocycles. The summed E-state index contributed by atoms with van der Waals surface area (Å²) in [4.78, 5) is 28.5. The normalized spacial score (nSPS) is 16.7. The van der Waals surface area contributed by atoms with E-state index in [1.807, 2.05) is 68.4 Å². The summed E-state index contributed by atoms with van der Waals surface area (Å²) in [6.45, 7) is 5.54.